The highest BCUT2D eigenvalue weighted by Crippen LogP contribution is 2.21. The van der Waals surface area contributed by atoms with Gasteiger partial charge in [-0.3, -0.25) is 0 Å². The highest BCUT2D eigenvalue weighted by atomic mass is 32.2. The first kappa shape index (κ1) is 17.5. The molecule has 1 aromatic rings. The second kappa shape index (κ2) is 8.12. The van der Waals surface area contributed by atoms with E-state index in [1.165, 1.54) is 0 Å². The summed E-state index contributed by atoms with van der Waals surface area (Å²) in [6.07, 6.45) is 1.77. The van der Waals surface area contributed by atoms with E-state index in [4.69, 9.17) is 9.47 Å². The minimum atomic E-state index is -3.83. The standard InChI is InChI=1S/C16H21NO5S/c1-2-22-16(18)17-15(10-6-7-11-23(17,19)20)13-21-12-14-8-4-3-5-9-14/h3-5,7-9,11,15H,2,6,10,12-13H2,1H3/t15-/m1/s1. The van der Waals surface area contributed by atoms with Crippen LogP contribution < -0.4 is 0 Å². The van der Waals surface area contributed by atoms with Crippen molar-refractivity contribution in [3.8, 4) is 0 Å². The Balaban J connectivity index is 2.06. The maximum absolute atomic E-state index is 12.2. The van der Waals surface area contributed by atoms with Crippen LogP contribution in [0.25, 0.3) is 0 Å². The number of hydrogen-bond acceptors (Lipinski definition) is 5. The van der Waals surface area contributed by atoms with Crippen molar-refractivity contribution in [1.29, 1.82) is 0 Å². The number of amides is 1. The van der Waals surface area contributed by atoms with E-state index >= 15 is 0 Å². The lowest BCUT2D eigenvalue weighted by molar-refractivity contribution is 0.0640. The van der Waals surface area contributed by atoms with Gasteiger partial charge in [0.15, 0.2) is 0 Å². The average molecular weight is 339 g/mol. The molecule has 1 aliphatic rings. The van der Waals surface area contributed by atoms with Gasteiger partial charge in [-0.2, -0.15) is 4.31 Å². The second-order valence-electron chi connectivity index (χ2n) is 5.14. The van der Waals surface area contributed by atoms with E-state index in [0.29, 0.717) is 19.4 Å². The van der Waals surface area contributed by atoms with Gasteiger partial charge < -0.3 is 9.47 Å². The number of nitrogens with zero attached hydrogens (tertiary/aromatic N) is 1. The Morgan fingerprint density at radius 2 is 2.04 bits per heavy atom. The summed E-state index contributed by atoms with van der Waals surface area (Å²) in [5, 5.41) is 1.06. The molecule has 0 spiro atoms. The molecule has 126 valence electrons. The largest absolute Gasteiger partial charge is 0.449 e. The molecule has 0 unspecified atom stereocenters. The van der Waals surface area contributed by atoms with Crippen LogP contribution >= 0.6 is 0 Å². The fourth-order valence-corrected chi connectivity index (χ4v) is 3.70. The highest BCUT2D eigenvalue weighted by molar-refractivity contribution is 7.92. The summed E-state index contributed by atoms with van der Waals surface area (Å²) in [6, 6.07) is 9.00. The van der Waals surface area contributed by atoms with Crippen molar-refractivity contribution in [2.75, 3.05) is 13.2 Å². The van der Waals surface area contributed by atoms with Crippen molar-refractivity contribution in [3.05, 3.63) is 47.4 Å². The van der Waals surface area contributed by atoms with Crippen LogP contribution in [0, 0.1) is 0 Å². The van der Waals surface area contributed by atoms with E-state index in [1.54, 1.807) is 13.0 Å². The van der Waals surface area contributed by atoms with Crippen molar-refractivity contribution in [1.82, 2.24) is 4.31 Å². The molecule has 0 radical (unpaired) electrons. The molecule has 0 bridgehead atoms. The Kier molecular flexibility index (Phi) is 6.18. The Morgan fingerprint density at radius 1 is 1.30 bits per heavy atom. The van der Waals surface area contributed by atoms with Crippen LogP contribution in [0.4, 0.5) is 4.79 Å². The zero-order valence-electron chi connectivity index (χ0n) is 13.1. The lowest BCUT2D eigenvalue weighted by atomic mass is 10.1. The molecule has 0 saturated carbocycles. The van der Waals surface area contributed by atoms with Crippen molar-refractivity contribution in [2.45, 2.75) is 32.4 Å². The maximum atomic E-state index is 12.2. The lowest BCUT2D eigenvalue weighted by Gasteiger charge is -2.27. The molecule has 1 aliphatic heterocycles. The predicted octanol–water partition coefficient (Wildman–Crippen LogP) is 2.67. The van der Waals surface area contributed by atoms with Crippen molar-refractivity contribution >= 4 is 16.1 Å². The fraction of sp³-hybridized carbons (Fsp3) is 0.438. The number of ether oxygens (including phenoxy) is 2. The third-order valence-electron chi connectivity index (χ3n) is 3.41. The number of carbonyl (C=O) groups excluding carboxylic acids is 1. The lowest BCUT2D eigenvalue weighted by Crippen LogP contribution is -2.45. The predicted molar refractivity (Wildman–Crippen MR) is 86.0 cm³/mol. The van der Waals surface area contributed by atoms with Gasteiger partial charge in [0.05, 0.1) is 25.9 Å². The first-order chi connectivity index (χ1) is 11.0. The van der Waals surface area contributed by atoms with E-state index in [9.17, 15) is 13.2 Å². The molecule has 0 N–H and O–H groups in total. The van der Waals surface area contributed by atoms with Gasteiger partial charge in [-0.25, -0.2) is 13.2 Å². The van der Waals surface area contributed by atoms with Crippen LogP contribution in [-0.2, 0) is 26.1 Å². The first-order valence-corrected chi connectivity index (χ1v) is 9.04. The first-order valence-electron chi connectivity index (χ1n) is 7.54. The Labute approximate surface area is 136 Å². The van der Waals surface area contributed by atoms with Crippen LogP contribution in [0.1, 0.15) is 25.3 Å². The van der Waals surface area contributed by atoms with E-state index in [2.05, 4.69) is 0 Å². The van der Waals surface area contributed by atoms with Gasteiger partial charge in [-0.15, -0.1) is 0 Å². The molecular weight excluding hydrogens is 318 g/mol. The summed E-state index contributed by atoms with van der Waals surface area (Å²) in [5.74, 6) is 0. The van der Waals surface area contributed by atoms with Gasteiger partial charge in [-0.05, 0) is 25.3 Å². The van der Waals surface area contributed by atoms with Gasteiger partial charge >= 0.3 is 6.09 Å². The smallest absolute Gasteiger partial charge is 0.424 e. The van der Waals surface area contributed by atoms with Gasteiger partial charge in [-0.1, -0.05) is 36.4 Å². The molecular formula is C16H21NO5S. The van der Waals surface area contributed by atoms with Crippen LogP contribution in [-0.4, -0.2) is 38.1 Å². The van der Waals surface area contributed by atoms with Gasteiger partial charge in [0.1, 0.15) is 0 Å². The highest BCUT2D eigenvalue weighted by Gasteiger charge is 2.35. The number of hydrogen-bond donors (Lipinski definition) is 0. The molecule has 6 nitrogen and oxygen atoms in total. The molecule has 1 aromatic carbocycles. The van der Waals surface area contributed by atoms with Crippen molar-refractivity contribution in [2.24, 2.45) is 0 Å². The molecule has 2 rings (SSSR count). The monoisotopic (exact) mass is 339 g/mol. The summed E-state index contributed by atoms with van der Waals surface area (Å²) < 4.78 is 35.8. The summed E-state index contributed by atoms with van der Waals surface area (Å²) in [4.78, 5) is 12.0. The third kappa shape index (κ3) is 4.80. The number of carbonyl (C=O) groups is 1. The quantitative estimate of drug-likeness (QED) is 0.824. The van der Waals surface area contributed by atoms with Gasteiger partial charge in [0, 0.05) is 5.41 Å². The van der Waals surface area contributed by atoms with E-state index in [-0.39, 0.29) is 13.2 Å². The molecule has 1 amide bonds. The summed E-state index contributed by atoms with van der Waals surface area (Å²) >= 11 is 0. The maximum Gasteiger partial charge on any atom is 0.424 e. The number of sulfonamides is 1. The Morgan fingerprint density at radius 3 is 2.74 bits per heavy atom. The number of allylic oxidation sites excluding steroid dienone is 1. The topological polar surface area (TPSA) is 72.9 Å². The Bertz CT molecular complexity index is 642. The van der Waals surface area contributed by atoms with Crippen LogP contribution in [0.15, 0.2) is 41.8 Å². The third-order valence-corrected chi connectivity index (χ3v) is 4.94. The van der Waals surface area contributed by atoms with E-state index in [1.807, 2.05) is 30.3 Å². The fourth-order valence-electron chi connectivity index (χ4n) is 2.35. The van der Waals surface area contributed by atoms with Gasteiger partial charge in [0.25, 0.3) is 10.0 Å². The SMILES string of the molecule is CCOC(=O)N1[C@@H](COCc2ccccc2)CCC=CS1(=O)=O. The number of rotatable bonds is 5. The minimum Gasteiger partial charge on any atom is -0.449 e. The molecule has 1 heterocycles. The molecule has 0 saturated heterocycles. The summed E-state index contributed by atoms with van der Waals surface area (Å²) in [7, 11) is -3.83. The minimum absolute atomic E-state index is 0.117. The van der Waals surface area contributed by atoms with Crippen LogP contribution in [0.3, 0.4) is 0 Å². The molecule has 1 atom stereocenters. The van der Waals surface area contributed by atoms with E-state index in [0.717, 1.165) is 15.3 Å². The van der Waals surface area contributed by atoms with E-state index < -0.39 is 22.2 Å². The van der Waals surface area contributed by atoms with Crippen molar-refractivity contribution < 1.29 is 22.7 Å². The zero-order chi connectivity index (χ0) is 16.7. The molecule has 0 aliphatic carbocycles. The van der Waals surface area contributed by atoms with Crippen LogP contribution in [0.5, 0.6) is 0 Å². The molecule has 0 aromatic heterocycles. The molecule has 23 heavy (non-hydrogen) atoms. The average Bonchev–Trinajstić information content (AvgIpc) is 2.66. The summed E-state index contributed by atoms with van der Waals surface area (Å²) in [6.45, 7) is 2.25. The Hall–Kier alpha value is -1.86. The van der Waals surface area contributed by atoms with Crippen molar-refractivity contribution in [3.63, 3.8) is 0 Å². The molecule has 7 heteroatoms. The number of benzene rings is 1. The zero-order valence-corrected chi connectivity index (χ0v) is 13.9. The molecule has 0 fully saturated rings. The summed E-state index contributed by atoms with van der Waals surface area (Å²) in [5.41, 5.74) is 0.991. The van der Waals surface area contributed by atoms with Crippen LogP contribution in [0.2, 0.25) is 0 Å². The normalized spacial score (nSPS) is 20.0. The second-order valence-corrected chi connectivity index (χ2v) is 6.84. The van der Waals surface area contributed by atoms with Gasteiger partial charge in [0.2, 0.25) is 0 Å².